The standard InChI is InChI=1S/C12H13NO/c1-2-10-3-5-11(6-4-10)12(7-13)8-14-9-12/h3-6H,2,8-9H2,1H3. The summed E-state index contributed by atoms with van der Waals surface area (Å²) in [7, 11) is 0. The van der Waals surface area contributed by atoms with Crippen molar-refractivity contribution in [2.75, 3.05) is 13.2 Å². The fourth-order valence-corrected chi connectivity index (χ4v) is 1.66. The summed E-state index contributed by atoms with van der Waals surface area (Å²) in [4.78, 5) is 0. The Hall–Kier alpha value is -1.33. The SMILES string of the molecule is CCc1ccc(C2(C#N)COC2)cc1. The molecule has 1 aromatic rings. The zero-order chi connectivity index (χ0) is 10.0. The Bertz CT molecular complexity index is 357. The van der Waals surface area contributed by atoms with Crippen molar-refractivity contribution in [3.63, 3.8) is 0 Å². The Balaban J connectivity index is 2.29. The quantitative estimate of drug-likeness (QED) is 0.709. The van der Waals surface area contributed by atoms with Gasteiger partial charge in [0.25, 0.3) is 0 Å². The first kappa shape index (κ1) is 9.23. The van der Waals surface area contributed by atoms with Gasteiger partial charge in [-0.3, -0.25) is 0 Å². The number of hydrogen-bond donors (Lipinski definition) is 0. The van der Waals surface area contributed by atoms with Gasteiger partial charge >= 0.3 is 0 Å². The average molecular weight is 187 g/mol. The molecule has 0 bridgehead atoms. The third-order valence-corrected chi connectivity index (χ3v) is 2.83. The Morgan fingerprint density at radius 1 is 1.36 bits per heavy atom. The summed E-state index contributed by atoms with van der Waals surface area (Å²) in [5, 5.41) is 9.09. The lowest BCUT2D eigenvalue weighted by Gasteiger charge is -2.35. The first-order valence-corrected chi connectivity index (χ1v) is 4.89. The summed E-state index contributed by atoms with van der Waals surface area (Å²) in [5.74, 6) is 0. The number of rotatable bonds is 2. The van der Waals surface area contributed by atoms with Gasteiger partial charge in [-0.05, 0) is 17.5 Å². The van der Waals surface area contributed by atoms with Crippen molar-refractivity contribution in [1.82, 2.24) is 0 Å². The minimum Gasteiger partial charge on any atom is -0.377 e. The molecule has 1 fully saturated rings. The Morgan fingerprint density at radius 2 is 2.00 bits per heavy atom. The first-order valence-electron chi connectivity index (χ1n) is 4.89. The van der Waals surface area contributed by atoms with E-state index in [1.165, 1.54) is 5.56 Å². The van der Waals surface area contributed by atoms with E-state index in [4.69, 9.17) is 10.00 Å². The minimum absolute atomic E-state index is 0.369. The van der Waals surface area contributed by atoms with Crippen LogP contribution in [0.5, 0.6) is 0 Å². The molecule has 0 atom stereocenters. The fourth-order valence-electron chi connectivity index (χ4n) is 1.66. The van der Waals surface area contributed by atoms with Gasteiger partial charge in [0.1, 0.15) is 5.41 Å². The summed E-state index contributed by atoms with van der Waals surface area (Å²) in [6, 6.07) is 10.6. The van der Waals surface area contributed by atoms with Crippen molar-refractivity contribution in [2.24, 2.45) is 0 Å². The van der Waals surface area contributed by atoms with Gasteiger partial charge in [0.15, 0.2) is 0 Å². The molecule has 0 N–H and O–H groups in total. The van der Waals surface area contributed by atoms with Crippen LogP contribution in [0.4, 0.5) is 0 Å². The Morgan fingerprint density at radius 3 is 2.36 bits per heavy atom. The number of ether oxygens (including phenoxy) is 1. The molecule has 0 aliphatic carbocycles. The second-order valence-electron chi connectivity index (χ2n) is 3.74. The Labute approximate surface area is 84.1 Å². The van der Waals surface area contributed by atoms with Crippen molar-refractivity contribution in [3.05, 3.63) is 35.4 Å². The number of benzene rings is 1. The molecule has 14 heavy (non-hydrogen) atoms. The van der Waals surface area contributed by atoms with Crippen LogP contribution in [0, 0.1) is 11.3 Å². The summed E-state index contributed by atoms with van der Waals surface area (Å²) in [6.45, 7) is 3.20. The van der Waals surface area contributed by atoms with Crippen LogP contribution in [0.15, 0.2) is 24.3 Å². The van der Waals surface area contributed by atoms with E-state index in [9.17, 15) is 0 Å². The van der Waals surface area contributed by atoms with Gasteiger partial charge in [-0.25, -0.2) is 0 Å². The van der Waals surface area contributed by atoms with E-state index < -0.39 is 0 Å². The van der Waals surface area contributed by atoms with E-state index in [1.54, 1.807) is 0 Å². The number of aryl methyl sites for hydroxylation is 1. The van der Waals surface area contributed by atoms with E-state index in [2.05, 4.69) is 25.1 Å². The fraction of sp³-hybridized carbons (Fsp3) is 0.417. The van der Waals surface area contributed by atoms with E-state index in [0.717, 1.165) is 12.0 Å². The summed E-state index contributed by atoms with van der Waals surface area (Å²) in [5.41, 5.74) is 2.03. The van der Waals surface area contributed by atoms with Crippen LogP contribution in [0.2, 0.25) is 0 Å². The monoisotopic (exact) mass is 187 g/mol. The van der Waals surface area contributed by atoms with Crippen molar-refractivity contribution < 1.29 is 4.74 Å². The molecule has 1 heterocycles. The average Bonchev–Trinajstić information content (AvgIpc) is 2.18. The molecule has 0 unspecified atom stereocenters. The third kappa shape index (κ3) is 1.30. The van der Waals surface area contributed by atoms with Crippen molar-refractivity contribution in [3.8, 4) is 6.07 Å². The van der Waals surface area contributed by atoms with Crippen molar-refractivity contribution in [2.45, 2.75) is 18.8 Å². The smallest absolute Gasteiger partial charge is 0.129 e. The van der Waals surface area contributed by atoms with E-state index in [0.29, 0.717) is 13.2 Å². The molecule has 0 saturated carbocycles. The maximum absolute atomic E-state index is 9.09. The molecule has 1 aliphatic rings. The second kappa shape index (κ2) is 3.43. The molecule has 0 amide bonds. The molecule has 1 aliphatic heterocycles. The van der Waals surface area contributed by atoms with Gasteiger partial charge in [0, 0.05) is 0 Å². The van der Waals surface area contributed by atoms with E-state index in [1.807, 2.05) is 12.1 Å². The lowest BCUT2D eigenvalue weighted by molar-refractivity contribution is -0.0298. The molecular weight excluding hydrogens is 174 g/mol. The van der Waals surface area contributed by atoms with Crippen LogP contribution in [0.1, 0.15) is 18.1 Å². The van der Waals surface area contributed by atoms with Crippen LogP contribution in [-0.2, 0) is 16.6 Å². The highest BCUT2D eigenvalue weighted by atomic mass is 16.5. The number of hydrogen-bond acceptors (Lipinski definition) is 2. The molecular formula is C12H13NO. The van der Waals surface area contributed by atoms with Crippen LogP contribution in [0.3, 0.4) is 0 Å². The zero-order valence-electron chi connectivity index (χ0n) is 8.29. The maximum atomic E-state index is 9.09. The van der Waals surface area contributed by atoms with Gasteiger partial charge in [-0.2, -0.15) is 5.26 Å². The predicted molar refractivity (Wildman–Crippen MR) is 53.9 cm³/mol. The summed E-state index contributed by atoms with van der Waals surface area (Å²) >= 11 is 0. The van der Waals surface area contributed by atoms with Crippen molar-refractivity contribution >= 4 is 0 Å². The zero-order valence-corrected chi connectivity index (χ0v) is 8.29. The normalized spacial score (nSPS) is 18.3. The highest BCUT2D eigenvalue weighted by molar-refractivity contribution is 5.36. The number of nitrogens with zero attached hydrogens (tertiary/aromatic N) is 1. The molecule has 1 aromatic carbocycles. The maximum Gasteiger partial charge on any atom is 0.129 e. The second-order valence-corrected chi connectivity index (χ2v) is 3.74. The van der Waals surface area contributed by atoms with Crippen LogP contribution < -0.4 is 0 Å². The van der Waals surface area contributed by atoms with Gasteiger partial charge in [-0.15, -0.1) is 0 Å². The lowest BCUT2D eigenvalue weighted by atomic mass is 9.80. The molecule has 72 valence electrons. The van der Waals surface area contributed by atoms with Crippen LogP contribution >= 0.6 is 0 Å². The van der Waals surface area contributed by atoms with Crippen LogP contribution in [-0.4, -0.2) is 13.2 Å². The summed E-state index contributed by atoms with van der Waals surface area (Å²) < 4.78 is 5.12. The predicted octanol–water partition coefficient (Wildman–Crippen LogP) is 2.04. The topological polar surface area (TPSA) is 33.0 Å². The Kier molecular flexibility index (Phi) is 2.26. The van der Waals surface area contributed by atoms with E-state index >= 15 is 0 Å². The molecule has 0 spiro atoms. The van der Waals surface area contributed by atoms with Gasteiger partial charge in [0.05, 0.1) is 19.3 Å². The largest absolute Gasteiger partial charge is 0.377 e. The highest BCUT2D eigenvalue weighted by Crippen LogP contribution is 2.31. The lowest BCUT2D eigenvalue weighted by Crippen LogP contribution is -2.45. The van der Waals surface area contributed by atoms with Gasteiger partial charge < -0.3 is 4.74 Å². The molecule has 0 aromatic heterocycles. The van der Waals surface area contributed by atoms with Crippen molar-refractivity contribution in [1.29, 1.82) is 5.26 Å². The molecule has 0 radical (unpaired) electrons. The molecule has 2 heteroatoms. The summed E-state index contributed by atoms with van der Waals surface area (Å²) in [6.07, 6.45) is 1.04. The highest BCUT2D eigenvalue weighted by Gasteiger charge is 2.40. The van der Waals surface area contributed by atoms with E-state index in [-0.39, 0.29) is 5.41 Å². The third-order valence-electron chi connectivity index (χ3n) is 2.83. The first-order chi connectivity index (χ1) is 6.80. The minimum atomic E-state index is -0.369. The van der Waals surface area contributed by atoms with Gasteiger partial charge in [0.2, 0.25) is 0 Å². The van der Waals surface area contributed by atoms with Gasteiger partial charge in [-0.1, -0.05) is 31.2 Å². The number of nitriles is 1. The molecule has 2 nitrogen and oxygen atoms in total. The molecule has 2 rings (SSSR count). The van der Waals surface area contributed by atoms with Crippen LogP contribution in [0.25, 0.3) is 0 Å². The molecule has 1 saturated heterocycles.